The Bertz CT molecular complexity index is 849. The normalized spacial score (nSPS) is 19.3. The number of amides is 1. The number of hydrogen-bond acceptors (Lipinski definition) is 5. The van der Waals surface area contributed by atoms with Gasteiger partial charge in [-0.1, -0.05) is 0 Å². The molecule has 1 saturated heterocycles. The first-order chi connectivity index (χ1) is 11.7. The third-order valence-corrected chi connectivity index (χ3v) is 4.87. The van der Waals surface area contributed by atoms with Gasteiger partial charge in [-0.05, 0) is 37.3 Å². The van der Waals surface area contributed by atoms with Gasteiger partial charge in [0.15, 0.2) is 0 Å². The molecule has 0 radical (unpaired) electrons. The van der Waals surface area contributed by atoms with Gasteiger partial charge in [0.1, 0.15) is 11.9 Å². The number of nitrogens with two attached hydrogens (primary N) is 1. The summed E-state index contributed by atoms with van der Waals surface area (Å²) in [7, 11) is 0. The Morgan fingerprint density at radius 2 is 2.29 bits per heavy atom. The van der Waals surface area contributed by atoms with Crippen molar-refractivity contribution in [2.75, 3.05) is 18.0 Å². The van der Waals surface area contributed by atoms with Crippen LogP contribution >= 0.6 is 0 Å². The Balaban J connectivity index is 1.58. The fraction of sp³-hybridized carbons (Fsp3) is 0.412. The lowest BCUT2D eigenvalue weighted by Gasteiger charge is -2.20. The highest BCUT2D eigenvalue weighted by atomic mass is 16.1. The second kappa shape index (κ2) is 5.64. The predicted octanol–water partition coefficient (Wildman–Crippen LogP) is 1.19. The molecule has 2 N–H and O–H groups in total. The van der Waals surface area contributed by atoms with Crippen LogP contribution in [0.5, 0.6) is 0 Å². The number of aryl methyl sites for hydroxylation is 2. The van der Waals surface area contributed by atoms with Crippen molar-refractivity contribution in [1.82, 2.24) is 14.8 Å². The Hall–Kier alpha value is -2.88. The highest BCUT2D eigenvalue weighted by molar-refractivity contribution is 5.92. The zero-order chi connectivity index (χ0) is 16.7. The molecule has 2 aromatic heterocycles. The predicted molar refractivity (Wildman–Crippen MR) is 87.6 cm³/mol. The minimum absolute atomic E-state index is 0.152. The zero-order valence-electron chi connectivity index (χ0n) is 13.3. The number of anilines is 1. The Kier molecular flexibility index (Phi) is 3.45. The van der Waals surface area contributed by atoms with Gasteiger partial charge in [-0.2, -0.15) is 10.4 Å². The van der Waals surface area contributed by atoms with Gasteiger partial charge >= 0.3 is 0 Å². The molecule has 1 fully saturated rings. The van der Waals surface area contributed by atoms with E-state index in [0.29, 0.717) is 11.1 Å². The number of primary amides is 1. The Morgan fingerprint density at radius 1 is 1.42 bits per heavy atom. The number of nitriles is 1. The van der Waals surface area contributed by atoms with Gasteiger partial charge in [-0.15, -0.1) is 0 Å². The number of aromatic nitrogens is 3. The van der Waals surface area contributed by atoms with Gasteiger partial charge in [0, 0.05) is 25.0 Å². The number of rotatable bonds is 3. The van der Waals surface area contributed by atoms with E-state index in [4.69, 9.17) is 10.7 Å². The first-order valence-corrected chi connectivity index (χ1v) is 8.17. The second-order valence-electron chi connectivity index (χ2n) is 6.39. The van der Waals surface area contributed by atoms with Crippen LogP contribution < -0.4 is 10.6 Å². The van der Waals surface area contributed by atoms with Crippen molar-refractivity contribution in [3.8, 4) is 6.07 Å². The molecule has 1 amide bonds. The summed E-state index contributed by atoms with van der Waals surface area (Å²) in [5.41, 5.74) is 8.69. The number of nitrogens with zero attached hydrogens (tertiary/aromatic N) is 5. The van der Waals surface area contributed by atoms with Crippen molar-refractivity contribution in [2.24, 2.45) is 5.73 Å². The van der Waals surface area contributed by atoms with Crippen molar-refractivity contribution in [1.29, 1.82) is 5.26 Å². The molecular weight excluding hydrogens is 304 g/mol. The molecule has 1 aliphatic heterocycles. The van der Waals surface area contributed by atoms with Crippen molar-refractivity contribution < 1.29 is 4.79 Å². The molecule has 24 heavy (non-hydrogen) atoms. The summed E-state index contributed by atoms with van der Waals surface area (Å²) >= 11 is 0. The monoisotopic (exact) mass is 322 g/mol. The lowest BCUT2D eigenvalue weighted by molar-refractivity contribution is 0.1000. The Morgan fingerprint density at radius 3 is 3.04 bits per heavy atom. The van der Waals surface area contributed by atoms with E-state index in [-0.39, 0.29) is 6.04 Å². The van der Waals surface area contributed by atoms with E-state index in [9.17, 15) is 10.1 Å². The summed E-state index contributed by atoms with van der Waals surface area (Å²) in [5, 5.41) is 13.7. The molecule has 7 heteroatoms. The summed E-state index contributed by atoms with van der Waals surface area (Å²) < 4.78 is 1.79. The molecular formula is C17H18N6O. The maximum Gasteiger partial charge on any atom is 0.251 e. The molecule has 1 aliphatic carbocycles. The van der Waals surface area contributed by atoms with Gasteiger partial charge < -0.3 is 10.6 Å². The van der Waals surface area contributed by atoms with E-state index in [1.165, 1.54) is 11.8 Å². The quantitative estimate of drug-likeness (QED) is 0.914. The van der Waals surface area contributed by atoms with Crippen LogP contribution in [0.1, 0.15) is 46.1 Å². The van der Waals surface area contributed by atoms with Crippen LogP contribution in [0.25, 0.3) is 0 Å². The highest BCUT2D eigenvalue weighted by Crippen LogP contribution is 2.31. The van der Waals surface area contributed by atoms with Crippen LogP contribution in [0.15, 0.2) is 18.5 Å². The van der Waals surface area contributed by atoms with E-state index < -0.39 is 5.91 Å². The third kappa shape index (κ3) is 2.40. The van der Waals surface area contributed by atoms with Crippen molar-refractivity contribution in [3.63, 3.8) is 0 Å². The molecule has 3 heterocycles. The second-order valence-corrected chi connectivity index (χ2v) is 6.39. The molecule has 0 spiro atoms. The van der Waals surface area contributed by atoms with E-state index in [2.05, 4.69) is 16.1 Å². The molecule has 0 bridgehead atoms. The van der Waals surface area contributed by atoms with Crippen LogP contribution in [0.3, 0.4) is 0 Å². The number of pyridine rings is 1. The van der Waals surface area contributed by atoms with E-state index in [1.54, 1.807) is 10.9 Å². The fourth-order valence-electron chi connectivity index (χ4n) is 3.60. The average molecular weight is 322 g/mol. The molecule has 2 aromatic rings. The number of fused-ring (bicyclic) bond motifs is 1. The molecule has 122 valence electrons. The lowest BCUT2D eigenvalue weighted by Crippen LogP contribution is -2.23. The van der Waals surface area contributed by atoms with Gasteiger partial charge in [0.25, 0.3) is 5.91 Å². The summed E-state index contributed by atoms with van der Waals surface area (Å²) in [6.07, 6.45) is 7.21. The number of hydrogen-bond donors (Lipinski definition) is 1. The molecule has 7 nitrogen and oxygen atoms in total. The maximum absolute atomic E-state index is 11.2. The molecule has 1 atom stereocenters. The standard InChI is InChI=1S/C17H18N6O/c18-7-12-6-11-2-1-3-15(11)21-17(12)22-5-4-14(10-22)23-9-13(8-20-23)16(19)24/h6,8-9,14H,1-5,10H2,(H2,19,24). The fourth-order valence-corrected chi connectivity index (χ4v) is 3.60. The van der Waals surface area contributed by atoms with Crippen molar-refractivity contribution in [2.45, 2.75) is 31.7 Å². The summed E-state index contributed by atoms with van der Waals surface area (Å²) in [6, 6.07) is 4.44. The lowest BCUT2D eigenvalue weighted by atomic mass is 10.1. The molecule has 0 saturated carbocycles. The SMILES string of the molecule is N#Cc1cc2c(nc1N1CCC(n3cc(C(N)=O)cn3)C1)CCC2. The maximum atomic E-state index is 11.2. The van der Waals surface area contributed by atoms with E-state index in [0.717, 1.165) is 50.3 Å². The summed E-state index contributed by atoms with van der Waals surface area (Å²) in [5.74, 6) is 0.311. The summed E-state index contributed by atoms with van der Waals surface area (Å²) in [6.45, 7) is 1.54. The van der Waals surface area contributed by atoms with Crippen LogP contribution in [0.4, 0.5) is 5.82 Å². The summed E-state index contributed by atoms with van der Waals surface area (Å²) in [4.78, 5) is 18.1. The minimum atomic E-state index is -0.469. The van der Waals surface area contributed by atoms with Gasteiger partial charge in [-0.3, -0.25) is 9.48 Å². The molecule has 4 rings (SSSR count). The van der Waals surface area contributed by atoms with Crippen LogP contribution in [-0.4, -0.2) is 33.8 Å². The van der Waals surface area contributed by atoms with Crippen LogP contribution in [0.2, 0.25) is 0 Å². The average Bonchev–Trinajstić information content (AvgIpc) is 3.31. The van der Waals surface area contributed by atoms with Crippen molar-refractivity contribution in [3.05, 3.63) is 40.8 Å². The van der Waals surface area contributed by atoms with Crippen LogP contribution in [0, 0.1) is 11.3 Å². The molecule has 2 aliphatic rings. The topological polar surface area (TPSA) is 101 Å². The molecule has 1 unspecified atom stereocenters. The smallest absolute Gasteiger partial charge is 0.251 e. The highest BCUT2D eigenvalue weighted by Gasteiger charge is 2.28. The number of carbonyl (C=O) groups is 1. The first-order valence-electron chi connectivity index (χ1n) is 8.17. The third-order valence-electron chi connectivity index (χ3n) is 4.87. The minimum Gasteiger partial charge on any atom is -0.366 e. The van der Waals surface area contributed by atoms with E-state index >= 15 is 0 Å². The van der Waals surface area contributed by atoms with Crippen molar-refractivity contribution >= 4 is 11.7 Å². The van der Waals surface area contributed by atoms with Gasteiger partial charge in [0.2, 0.25) is 0 Å². The Labute approximate surface area is 139 Å². The first kappa shape index (κ1) is 14.7. The largest absolute Gasteiger partial charge is 0.366 e. The number of carbonyl (C=O) groups excluding carboxylic acids is 1. The van der Waals surface area contributed by atoms with Gasteiger partial charge in [-0.25, -0.2) is 4.98 Å². The van der Waals surface area contributed by atoms with E-state index in [1.807, 2.05) is 6.07 Å². The van der Waals surface area contributed by atoms with Gasteiger partial charge in [0.05, 0.1) is 23.4 Å². The molecule has 0 aromatic carbocycles. The van der Waals surface area contributed by atoms with Crippen LogP contribution in [-0.2, 0) is 12.8 Å². The zero-order valence-corrected chi connectivity index (χ0v) is 13.3.